The van der Waals surface area contributed by atoms with Crippen LogP contribution in [0.15, 0.2) is 34.9 Å². The highest BCUT2D eigenvalue weighted by molar-refractivity contribution is 5.89. The van der Waals surface area contributed by atoms with Crippen LogP contribution in [0.1, 0.15) is 38.3 Å². The Morgan fingerprint density at radius 3 is 2.37 bits per heavy atom. The van der Waals surface area contributed by atoms with Gasteiger partial charge in [-0.15, -0.1) is 0 Å². The van der Waals surface area contributed by atoms with Crippen molar-refractivity contribution in [1.82, 2.24) is 10.1 Å². The third-order valence-electron chi connectivity index (χ3n) is 4.88. The van der Waals surface area contributed by atoms with E-state index in [-0.39, 0.29) is 17.8 Å². The summed E-state index contributed by atoms with van der Waals surface area (Å²) in [6, 6.07) is 4.62. The van der Waals surface area contributed by atoms with E-state index < -0.39 is 11.9 Å². The van der Waals surface area contributed by atoms with Crippen LogP contribution in [-0.4, -0.2) is 63.6 Å². The Kier molecular flexibility index (Phi) is 8.08. The van der Waals surface area contributed by atoms with Gasteiger partial charge in [0.15, 0.2) is 5.58 Å². The number of carboxylic acid groups (broad SMARTS) is 2. The van der Waals surface area contributed by atoms with Gasteiger partial charge in [-0.2, -0.15) is 0 Å². The number of benzene rings is 1. The molecule has 1 aliphatic heterocycles. The molecule has 0 saturated carbocycles. The third-order valence-corrected chi connectivity index (χ3v) is 4.88. The van der Waals surface area contributed by atoms with Gasteiger partial charge in [-0.3, -0.25) is 0 Å². The molecule has 0 radical (unpaired) electrons. The quantitative estimate of drug-likeness (QED) is 0.607. The van der Waals surface area contributed by atoms with E-state index in [0.717, 1.165) is 43.6 Å². The number of aromatic nitrogens is 1. The first-order valence-corrected chi connectivity index (χ1v) is 9.63. The molecule has 3 rings (SSSR count). The fourth-order valence-electron chi connectivity index (χ4n) is 3.39. The zero-order valence-electron chi connectivity index (χ0n) is 17.0. The Hall–Kier alpha value is -2.78. The number of halogens is 1. The Morgan fingerprint density at radius 2 is 1.83 bits per heavy atom. The number of aliphatic carboxylic acids is 2. The van der Waals surface area contributed by atoms with Crippen LogP contribution in [0.2, 0.25) is 0 Å². The zero-order valence-corrected chi connectivity index (χ0v) is 17.0. The van der Waals surface area contributed by atoms with Gasteiger partial charge in [0.25, 0.3) is 0 Å². The van der Waals surface area contributed by atoms with Gasteiger partial charge in [-0.05, 0) is 38.1 Å². The monoisotopic (exact) mass is 422 g/mol. The Labute approximate surface area is 173 Å². The predicted molar refractivity (Wildman–Crippen MR) is 108 cm³/mol. The van der Waals surface area contributed by atoms with Crippen molar-refractivity contribution in [3.63, 3.8) is 0 Å². The van der Waals surface area contributed by atoms with Crippen molar-refractivity contribution in [1.29, 1.82) is 0 Å². The molecule has 9 heteroatoms. The lowest BCUT2D eigenvalue weighted by Crippen LogP contribution is -2.40. The SMILES string of the molecule is CC(C)(CO)CN1CCC(c2noc3cc(F)ccc23)CC1.O=C(O)C=CC(=O)O. The van der Waals surface area contributed by atoms with Crippen molar-refractivity contribution in [3.05, 3.63) is 41.9 Å². The molecule has 2 heterocycles. The van der Waals surface area contributed by atoms with E-state index in [1.807, 2.05) is 0 Å². The molecule has 2 aromatic rings. The lowest BCUT2D eigenvalue weighted by molar-refractivity contribution is -0.134. The fraction of sp³-hybridized carbons (Fsp3) is 0.476. The predicted octanol–water partition coefficient (Wildman–Crippen LogP) is 2.88. The van der Waals surface area contributed by atoms with Crippen molar-refractivity contribution >= 4 is 22.9 Å². The minimum absolute atomic E-state index is 0.0645. The second-order valence-corrected chi connectivity index (χ2v) is 8.09. The molecule has 1 aromatic heterocycles. The summed E-state index contributed by atoms with van der Waals surface area (Å²) in [5.74, 6) is -2.45. The van der Waals surface area contributed by atoms with Gasteiger partial charge in [-0.25, -0.2) is 14.0 Å². The lowest BCUT2D eigenvalue weighted by Gasteiger charge is -2.36. The van der Waals surface area contributed by atoms with Crippen molar-refractivity contribution in [3.8, 4) is 0 Å². The lowest BCUT2D eigenvalue weighted by atomic mass is 9.89. The Balaban J connectivity index is 0.000000343. The van der Waals surface area contributed by atoms with Crippen molar-refractivity contribution in [2.24, 2.45) is 5.41 Å². The number of aliphatic hydroxyl groups excluding tert-OH is 1. The summed E-state index contributed by atoms with van der Waals surface area (Å²) in [5.41, 5.74) is 1.42. The highest BCUT2D eigenvalue weighted by Gasteiger charge is 2.28. The van der Waals surface area contributed by atoms with Crippen LogP contribution in [0.5, 0.6) is 0 Å². The number of hydrogen-bond acceptors (Lipinski definition) is 6. The molecule has 0 aliphatic carbocycles. The Bertz CT molecular complexity index is 884. The minimum Gasteiger partial charge on any atom is -0.478 e. The van der Waals surface area contributed by atoms with Gasteiger partial charge in [0.1, 0.15) is 5.82 Å². The van der Waals surface area contributed by atoms with Crippen LogP contribution in [0.25, 0.3) is 11.0 Å². The summed E-state index contributed by atoms with van der Waals surface area (Å²) in [4.78, 5) is 21.5. The van der Waals surface area contributed by atoms with Crippen molar-refractivity contribution in [2.75, 3.05) is 26.2 Å². The molecule has 3 N–H and O–H groups in total. The van der Waals surface area contributed by atoms with Gasteiger partial charge in [0.2, 0.25) is 0 Å². The number of hydrogen-bond donors (Lipinski definition) is 3. The molecule has 8 nitrogen and oxygen atoms in total. The number of rotatable bonds is 6. The number of aliphatic hydroxyl groups is 1. The first-order valence-electron chi connectivity index (χ1n) is 9.63. The average molecular weight is 422 g/mol. The van der Waals surface area contributed by atoms with E-state index in [0.29, 0.717) is 23.7 Å². The van der Waals surface area contributed by atoms with E-state index in [2.05, 4.69) is 23.9 Å². The molecule has 0 unspecified atom stereocenters. The number of piperidine rings is 1. The number of likely N-dealkylation sites (tertiary alicyclic amines) is 1. The van der Waals surface area contributed by atoms with Gasteiger partial charge in [0.05, 0.1) is 5.69 Å². The summed E-state index contributed by atoms with van der Waals surface area (Å²) in [5, 5.41) is 30.1. The summed E-state index contributed by atoms with van der Waals surface area (Å²) in [6.45, 7) is 7.25. The van der Waals surface area contributed by atoms with Crippen LogP contribution in [-0.2, 0) is 9.59 Å². The number of carbonyl (C=O) groups is 2. The summed E-state index contributed by atoms with van der Waals surface area (Å²) >= 11 is 0. The molecule has 0 bridgehead atoms. The van der Waals surface area contributed by atoms with Gasteiger partial charge < -0.3 is 24.7 Å². The summed E-state index contributed by atoms with van der Waals surface area (Å²) < 4.78 is 18.5. The molecule has 164 valence electrons. The van der Waals surface area contributed by atoms with Crippen LogP contribution in [0, 0.1) is 11.2 Å². The van der Waals surface area contributed by atoms with Crippen molar-refractivity contribution < 1.29 is 33.8 Å². The number of carboxylic acids is 2. The Morgan fingerprint density at radius 1 is 1.23 bits per heavy atom. The molecule has 1 aromatic carbocycles. The van der Waals surface area contributed by atoms with Gasteiger partial charge in [0, 0.05) is 48.1 Å². The van der Waals surface area contributed by atoms with Crippen LogP contribution < -0.4 is 0 Å². The standard InChI is InChI=1S/C17H23FN2O2.C4H4O4/c1-17(2,11-21)10-20-7-5-12(6-8-20)16-14-4-3-13(18)9-15(14)22-19-16;5-3(6)1-2-4(7)8/h3-4,9,12,21H,5-8,10-11H2,1-2H3;1-2H,(H,5,6)(H,7,8). The number of nitrogens with zero attached hydrogens (tertiary/aromatic N) is 2. The van der Waals surface area contributed by atoms with Gasteiger partial charge in [-0.1, -0.05) is 19.0 Å². The zero-order chi connectivity index (χ0) is 22.3. The largest absolute Gasteiger partial charge is 0.478 e. The molecular formula is C21H27FN2O6. The average Bonchev–Trinajstić information content (AvgIpc) is 3.10. The normalized spacial score (nSPS) is 15.9. The van der Waals surface area contributed by atoms with E-state index in [4.69, 9.17) is 14.7 Å². The highest BCUT2D eigenvalue weighted by Crippen LogP contribution is 2.33. The van der Waals surface area contributed by atoms with Gasteiger partial charge >= 0.3 is 11.9 Å². The first-order chi connectivity index (χ1) is 14.1. The summed E-state index contributed by atoms with van der Waals surface area (Å²) in [6.07, 6.45) is 3.14. The number of fused-ring (bicyclic) bond motifs is 1. The molecule has 0 spiro atoms. The molecule has 0 atom stereocenters. The molecule has 1 saturated heterocycles. The van der Waals surface area contributed by atoms with Crippen LogP contribution >= 0.6 is 0 Å². The summed E-state index contributed by atoms with van der Waals surface area (Å²) in [7, 11) is 0. The topological polar surface area (TPSA) is 124 Å². The van der Waals surface area contributed by atoms with E-state index in [1.165, 1.54) is 12.1 Å². The maximum absolute atomic E-state index is 13.2. The fourth-order valence-corrected chi connectivity index (χ4v) is 3.39. The van der Waals surface area contributed by atoms with E-state index in [9.17, 15) is 19.1 Å². The second-order valence-electron chi connectivity index (χ2n) is 8.09. The molecule has 30 heavy (non-hydrogen) atoms. The third kappa shape index (κ3) is 6.93. The maximum atomic E-state index is 13.2. The smallest absolute Gasteiger partial charge is 0.328 e. The molecule has 0 amide bonds. The van der Waals surface area contributed by atoms with Crippen molar-refractivity contribution in [2.45, 2.75) is 32.6 Å². The second kappa shape index (κ2) is 10.3. The first kappa shape index (κ1) is 23.5. The van der Waals surface area contributed by atoms with Crippen LogP contribution in [0.3, 0.4) is 0 Å². The molecular weight excluding hydrogens is 395 g/mol. The van der Waals surface area contributed by atoms with E-state index >= 15 is 0 Å². The van der Waals surface area contributed by atoms with E-state index in [1.54, 1.807) is 6.07 Å². The van der Waals surface area contributed by atoms with Crippen LogP contribution in [0.4, 0.5) is 4.39 Å². The highest BCUT2D eigenvalue weighted by atomic mass is 19.1. The molecule has 1 aliphatic rings. The molecule has 1 fully saturated rings. The maximum Gasteiger partial charge on any atom is 0.328 e. The minimum atomic E-state index is -1.26.